The fourth-order valence-electron chi connectivity index (χ4n) is 2.63. The SMILES string of the molecule is Cc1nc(Oc2ccc(Cl)cc2)nc(N2Cc3ccccc3S2(=O)=O)n1. The van der Waals surface area contributed by atoms with Gasteiger partial charge in [0.1, 0.15) is 11.6 Å². The van der Waals surface area contributed by atoms with E-state index < -0.39 is 10.0 Å². The van der Waals surface area contributed by atoms with Gasteiger partial charge in [0, 0.05) is 5.02 Å². The number of rotatable bonds is 3. The van der Waals surface area contributed by atoms with E-state index in [0.717, 1.165) is 4.31 Å². The van der Waals surface area contributed by atoms with Crippen molar-refractivity contribution in [1.29, 1.82) is 0 Å². The molecular formula is C17H13ClN4O3S. The first-order valence-corrected chi connectivity index (χ1v) is 9.52. The van der Waals surface area contributed by atoms with E-state index in [4.69, 9.17) is 16.3 Å². The Kier molecular flexibility index (Phi) is 4.01. The van der Waals surface area contributed by atoms with E-state index in [9.17, 15) is 8.42 Å². The van der Waals surface area contributed by atoms with E-state index >= 15 is 0 Å². The van der Waals surface area contributed by atoms with Crippen LogP contribution in [0.3, 0.4) is 0 Å². The molecule has 0 amide bonds. The second kappa shape index (κ2) is 6.22. The van der Waals surface area contributed by atoms with Gasteiger partial charge in [0.2, 0.25) is 5.95 Å². The van der Waals surface area contributed by atoms with Gasteiger partial charge in [0.25, 0.3) is 10.0 Å². The third-order valence-corrected chi connectivity index (χ3v) is 5.89. The first-order chi connectivity index (χ1) is 12.4. The molecule has 4 rings (SSSR count). The van der Waals surface area contributed by atoms with Crippen molar-refractivity contribution in [3.8, 4) is 11.8 Å². The maximum Gasteiger partial charge on any atom is 0.327 e. The van der Waals surface area contributed by atoms with Gasteiger partial charge in [0.05, 0.1) is 11.4 Å². The van der Waals surface area contributed by atoms with Gasteiger partial charge in [-0.15, -0.1) is 0 Å². The summed E-state index contributed by atoms with van der Waals surface area (Å²) in [5, 5.41) is 0.575. The number of hydrogen-bond donors (Lipinski definition) is 0. The summed E-state index contributed by atoms with van der Waals surface area (Å²) < 4.78 is 32.3. The van der Waals surface area contributed by atoms with E-state index in [1.165, 1.54) is 0 Å². The van der Waals surface area contributed by atoms with Crippen LogP contribution in [0.4, 0.5) is 5.95 Å². The molecule has 1 aliphatic heterocycles. The lowest BCUT2D eigenvalue weighted by Gasteiger charge is -2.15. The molecule has 0 aliphatic carbocycles. The summed E-state index contributed by atoms with van der Waals surface area (Å²) in [6.07, 6.45) is 0. The lowest BCUT2D eigenvalue weighted by Crippen LogP contribution is -2.26. The van der Waals surface area contributed by atoms with Crippen molar-refractivity contribution in [2.75, 3.05) is 4.31 Å². The fraction of sp³-hybridized carbons (Fsp3) is 0.118. The number of ether oxygens (including phenoxy) is 1. The zero-order valence-electron chi connectivity index (χ0n) is 13.6. The van der Waals surface area contributed by atoms with Gasteiger partial charge in [-0.25, -0.2) is 12.7 Å². The molecule has 26 heavy (non-hydrogen) atoms. The number of anilines is 1. The van der Waals surface area contributed by atoms with E-state index in [0.29, 0.717) is 22.2 Å². The molecular weight excluding hydrogens is 376 g/mol. The smallest absolute Gasteiger partial charge is 0.327 e. The monoisotopic (exact) mass is 388 g/mol. The number of hydrogen-bond acceptors (Lipinski definition) is 6. The number of halogens is 1. The summed E-state index contributed by atoms with van der Waals surface area (Å²) in [5.41, 5.74) is 0.700. The van der Waals surface area contributed by atoms with Crippen LogP contribution in [-0.4, -0.2) is 23.4 Å². The summed E-state index contributed by atoms with van der Waals surface area (Å²) >= 11 is 5.86. The van der Waals surface area contributed by atoms with Crippen molar-refractivity contribution in [3.05, 3.63) is 64.9 Å². The molecule has 1 aliphatic rings. The fourth-order valence-corrected chi connectivity index (χ4v) is 4.32. The Bertz CT molecular complexity index is 1090. The van der Waals surface area contributed by atoms with Crippen molar-refractivity contribution in [2.45, 2.75) is 18.4 Å². The standard InChI is InChI=1S/C17H13ClN4O3S/c1-11-19-16(21-17(20-11)25-14-8-6-13(18)7-9-14)22-10-12-4-2-3-5-15(12)26(22,23)24/h2-9H,10H2,1H3. The zero-order valence-corrected chi connectivity index (χ0v) is 15.2. The van der Waals surface area contributed by atoms with E-state index in [2.05, 4.69) is 15.0 Å². The number of nitrogens with zero attached hydrogens (tertiary/aromatic N) is 4. The van der Waals surface area contributed by atoms with Crippen LogP contribution in [0, 0.1) is 6.92 Å². The minimum Gasteiger partial charge on any atom is -0.424 e. The van der Waals surface area contributed by atoms with Crippen molar-refractivity contribution in [1.82, 2.24) is 15.0 Å². The summed E-state index contributed by atoms with van der Waals surface area (Å²) in [7, 11) is -3.70. The first kappa shape index (κ1) is 16.7. The molecule has 0 spiro atoms. The molecule has 0 bridgehead atoms. The molecule has 0 saturated carbocycles. The number of aryl methyl sites for hydroxylation is 1. The summed E-state index contributed by atoms with van der Waals surface area (Å²) in [4.78, 5) is 12.7. The number of aromatic nitrogens is 3. The van der Waals surface area contributed by atoms with E-state index in [1.807, 2.05) is 0 Å². The molecule has 0 atom stereocenters. The highest BCUT2D eigenvalue weighted by molar-refractivity contribution is 7.93. The van der Waals surface area contributed by atoms with Gasteiger partial charge in [-0.2, -0.15) is 15.0 Å². The number of fused-ring (bicyclic) bond motifs is 1. The summed E-state index contributed by atoms with van der Waals surface area (Å²) in [6.45, 7) is 1.82. The number of sulfonamides is 1. The lowest BCUT2D eigenvalue weighted by molar-refractivity contribution is 0.437. The zero-order chi connectivity index (χ0) is 18.3. The third-order valence-electron chi connectivity index (χ3n) is 3.82. The molecule has 2 aromatic carbocycles. The van der Waals surface area contributed by atoms with Crippen LogP contribution in [0.15, 0.2) is 53.4 Å². The maximum absolute atomic E-state index is 12.8. The van der Waals surface area contributed by atoms with Gasteiger partial charge >= 0.3 is 6.01 Å². The van der Waals surface area contributed by atoms with Gasteiger partial charge in [-0.3, -0.25) is 0 Å². The minimum atomic E-state index is -3.70. The average Bonchev–Trinajstić information content (AvgIpc) is 2.88. The molecule has 3 aromatic rings. The molecule has 0 unspecified atom stereocenters. The molecule has 9 heteroatoms. The second-order valence-corrected chi connectivity index (χ2v) is 7.91. The van der Waals surface area contributed by atoms with Crippen molar-refractivity contribution in [2.24, 2.45) is 0 Å². The molecule has 0 radical (unpaired) electrons. The van der Waals surface area contributed by atoms with Crippen LogP contribution < -0.4 is 9.04 Å². The highest BCUT2D eigenvalue weighted by Gasteiger charge is 2.36. The van der Waals surface area contributed by atoms with Gasteiger partial charge in [0.15, 0.2) is 0 Å². The Labute approximate surface area is 155 Å². The van der Waals surface area contributed by atoms with Crippen LogP contribution in [0.2, 0.25) is 5.02 Å². The molecule has 7 nitrogen and oxygen atoms in total. The van der Waals surface area contributed by atoms with E-state index in [1.54, 1.807) is 55.5 Å². The van der Waals surface area contributed by atoms with Crippen LogP contribution in [-0.2, 0) is 16.6 Å². The molecule has 0 N–H and O–H groups in total. The topological polar surface area (TPSA) is 85.3 Å². The largest absolute Gasteiger partial charge is 0.424 e. The highest BCUT2D eigenvalue weighted by Crippen LogP contribution is 2.33. The molecule has 0 saturated heterocycles. The van der Waals surface area contributed by atoms with Crippen LogP contribution >= 0.6 is 11.6 Å². The third kappa shape index (κ3) is 2.97. The molecule has 132 valence electrons. The second-order valence-electron chi connectivity index (χ2n) is 5.64. The average molecular weight is 389 g/mol. The molecule has 2 heterocycles. The Morgan fingerprint density at radius 2 is 1.77 bits per heavy atom. The number of benzene rings is 2. The molecule has 0 fully saturated rings. The highest BCUT2D eigenvalue weighted by atomic mass is 35.5. The predicted molar refractivity (Wildman–Crippen MR) is 95.9 cm³/mol. The predicted octanol–water partition coefficient (Wildman–Crippen LogP) is 3.33. The Balaban J connectivity index is 1.70. The van der Waals surface area contributed by atoms with E-state index in [-0.39, 0.29) is 23.4 Å². The van der Waals surface area contributed by atoms with Crippen molar-refractivity contribution >= 4 is 27.6 Å². The van der Waals surface area contributed by atoms with Gasteiger partial charge < -0.3 is 4.74 Å². The van der Waals surface area contributed by atoms with Crippen molar-refractivity contribution < 1.29 is 13.2 Å². The lowest BCUT2D eigenvalue weighted by atomic mass is 10.2. The quantitative estimate of drug-likeness (QED) is 0.684. The Morgan fingerprint density at radius 3 is 2.50 bits per heavy atom. The summed E-state index contributed by atoms with van der Waals surface area (Å²) in [5.74, 6) is 0.862. The van der Waals surface area contributed by atoms with Crippen LogP contribution in [0.25, 0.3) is 0 Å². The van der Waals surface area contributed by atoms with Crippen LogP contribution in [0.5, 0.6) is 11.8 Å². The Hall–Kier alpha value is -2.71. The van der Waals surface area contributed by atoms with Crippen LogP contribution in [0.1, 0.15) is 11.4 Å². The van der Waals surface area contributed by atoms with Crippen molar-refractivity contribution in [3.63, 3.8) is 0 Å². The maximum atomic E-state index is 12.8. The summed E-state index contributed by atoms with van der Waals surface area (Å²) in [6, 6.07) is 13.5. The Morgan fingerprint density at radius 1 is 1.04 bits per heavy atom. The van der Waals surface area contributed by atoms with Gasteiger partial charge in [-0.1, -0.05) is 29.8 Å². The molecule has 1 aromatic heterocycles. The van der Waals surface area contributed by atoms with Gasteiger partial charge in [-0.05, 0) is 42.8 Å². The minimum absolute atomic E-state index is 0.0148. The normalized spacial score (nSPS) is 14.9. The first-order valence-electron chi connectivity index (χ1n) is 7.70.